The van der Waals surface area contributed by atoms with Crippen molar-refractivity contribution in [3.63, 3.8) is 0 Å². The van der Waals surface area contributed by atoms with Gasteiger partial charge >= 0.3 is 6.18 Å². The molecule has 5 atom stereocenters. The van der Waals surface area contributed by atoms with Crippen molar-refractivity contribution in [3.05, 3.63) is 90.1 Å². The van der Waals surface area contributed by atoms with Gasteiger partial charge in [0.15, 0.2) is 0 Å². The van der Waals surface area contributed by atoms with Gasteiger partial charge in [0.1, 0.15) is 18.7 Å². The van der Waals surface area contributed by atoms with Crippen LogP contribution in [0, 0.1) is 11.8 Å². The Hall–Kier alpha value is -2.22. The predicted octanol–water partition coefficient (Wildman–Crippen LogP) is 2.90. The Bertz CT molecular complexity index is 1160. The fourth-order valence-corrected chi connectivity index (χ4v) is 6.13. The van der Waals surface area contributed by atoms with E-state index in [1.54, 1.807) is 18.3 Å². The number of aromatic nitrogens is 1. The number of halogens is 4. The van der Waals surface area contributed by atoms with Crippen LogP contribution in [0.4, 0.5) is 13.2 Å². The van der Waals surface area contributed by atoms with E-state index in [1.165, 1.54) is 0 Å². The lowest BCUT2D eigenvalue weighted by atomic mass is 9.71. The number of aliphatic hydroxyl groups is 1. The first-order chi connectivity index (χ1) is 15.8. The van der Waals surface area contributed by atoms with Crippen molar-refractivity contribution in [3.8, 4) is 0 Å². The van der Waals surface area contributed by atoms with Crippen LogP contribution < -0.4 is 17.0 Å². The first kappa shape index (κ1) is 24.9. The zero-order valence-electron chi connectivity index (χ0n) is 18.8. The fourth-order valence-electron chi connectivity index (χ4n) is 6.13. The van der Waals surface area contributed by atoms with Gasteiger partial charge in [0.05, 0.1) is 24.2 Å². The number of pyridine rings is 1. The summed E-state index contributed by atoms with van der Waals surface area (Å²) >= 11 is 0. The third-order valence-electron chi connectivity index (χ3n) is 7.82. The first-order valence-electron chi connectivity index (χ1n) is 11.5. The van der Waals surface area contributed by atoms with E-state index in [0.717, 1.165) is 60.1 Å². The van der Waals surface area contributed by atoms with Gasteiger partial charge in [-0.25, -0.2) is 0 Å². The van der Waals surface area contributed by atoms with Gasteiger partial charge in [0, 0.05) is 35.9 Å². The second-order valence-corrected chi connectivity index (χ2v) is 9.59. The summed E-state index contributed by atoms with van der Waals surface area (Å²) in [6.07, 6.45) is 0.648. The van der Waals surface area contributed by atoms with Crippen molar-refractivity contribution in [2.24, 2.45) is 11.8 Å². The average molecular weight is 533 g/mol. The maximum atomic E-state index is 13.1. The van der Waals surface area contributed by atoms with Gasteiger partial charge in [-0.15, -0.1) is 6.58 Å². The molecule has 1 aromatic heterocycles. The van der Waals surface area contributed by atoms with Gasteiger partial charge in [-0.2, -0.15) is 13.2 Å². The van der Waals surface area contributed by atoms with E-state index in [0.29, 0.717) is 22.9 Å². The molecule has 3 fully saturated rings. The van der Waals surface area contributed by atoms with Crippen molar-refractivity contribution < 1.29 is 39.7 Å². The molecule has 4 heterocycles. The summed E-state index contributed by atoms with van der Waals surface area (Å²) in [5, 5.41) is 12.6. The van der Waals surface area contributed by atoms with E-state index in [9.17, 15) is 18.3 Å². The lowest BCUT2D eigenvalue weighted by molar-refractivity contribution is -0.984. The number of rotatable bonds is 5. The Morgan fingerprint density at radius 1 is 1.12 bits per heavy atom. The lowest BCUT2D eigenvalue weighted by Gasteiger charge is -2.58. The summed E-state index contributed by atoms with van der Waals surface area (Å²) in [5.41, 5.74) is 1.96. The average Bonchev–Trinajstić information content (AvgIpc) is 2.83. The van der Waals surface area contributed by atoms with Gasteiger partial charge in [-0.1, -0.05) is 36.4 Å². The lowest BCUT2D eigenvalue weighted by Crippen LogP contribution is -3.00. The van der Waals surface area contributed by atoms with E-state index >= 15 is 0 Å². The largest absolute Gasteiger partial charge is 1.00 e. The molecule has 34 heavy (non-hydrogen) atoms. The number of quaternary nitrogens is 1. The normalized spacial score (nSPS) is 27.2. The van der Waals surface area contributed by atoms with Crippen molar-refractivity contribution in [1.29, 1.82) is 0 Å². The Morgan fingerprint density at radius 3 is 2.56 bits per heavy atom. The summed E-state index contributed by atoms with van der Waals surface area (Å²) in [7, 11) is 0. The molecule has 1 N–H and O–H groups in total. The molecule has 2 bridgehead atoms. The minimum absolute atomic E-state index is 0. The molecule has 2 aromatic carbocycles. The van der Waals surface area contributed by atoms with Crippen LogP contribution in [0.2, 0.25) is 0 Å². The molecule has 0 amide bonds. The second kappa shape index (κ2) is 9.44. The highest BCUT2D eigenvalue weighted by atomic mass is 79.9. The van der Waals surface area contributed by atoms with Crippen LogP contribution in [0.3, 0.4) is 0 Å². The second-order valence-electron chi connectivity index (χ2n) is 9.59. The van der Waals surface area contributed by atoms with Crippen LogP contribution in [0.25, 0.3) is 10.9 Å². The molecular formula is C27H28BrF3N2O. The smallest absolute Gasteiger partial charge is 0.416 e. The van der Waals surface area contributed by atoms with Crippen molar-refractivity contribution in [1.82, 2.24) is 4.98 Å². The Morgan fingerprint density at radius 2 is 1.85 bits per heavy atom. The highest BCUT2D eigenvalue weighted by molar-refractivity contribution is 5.82. The molecule has 180 valence electrons. The van der Waals surface area contributed by atoms with Crippen LogP contribution >= 0.6 is 0 Å². The Kier molecular flexibility index (Phi) is 6.91. The fraction of sp³-hybridized carbons (Fsp3) is 0.370. The van der Waals surface area contributed by atoms with Gasteiger partial charge in [-0.05, 0) is 35.7 Å². The van der Waals surface area contributed by atoms with Crippen LogP contribution in [0.15, 0.2) is 73.4 Å². The van der Waals surface area contributed by atoms with Crippen LogP contribution in [-0.4, -0.2) is 33.7 Å². The zero-order chi connectivity index (χ0) is 23.2. The van der Waals surface area contributed by atoms with Crippen LogP contribution in [0.5, 0.6) is 0 Å². The summed E-state index contributed by atoms with van der Waals surface area (Å²) < 4.78 is 39.8. The third kappa shape index (κ3) is 4.41. The minimum Gasteiger partial charge on any atom is -1.00 e. The monoisotopic (exact) mass is 532 g/mol. The van der Waals surface area contributed by atoms with Crippen LogP contribution in [-0.2, 0) is 12.7 Å². The number of para-hydroxylation sites is 1. The molecule has 3 saturated heterocycles. The van der Waals surface area contributed by atoms with Gasteiger partial charge in [0.2, 0.25) is 0 Å². The summed E-state index contributed by atoms with van der Waals surface area (Å²) in [5.74, 6) is 0.827. The number of hydrogen-bond acceptors (Lipinski definition) is 2. The molecular weight excluding hydrogens is 505 g/mol. The Balaban J connectivity index is 0.00000274. The summed E-state index contributed by atoms with van der Waals surface area (Å²) in [4.78, 5) is 4.43. The van der Waals surface area contributed by atoms with Gasteiger partial charge < -0.3 is 26.6 Å². The van der Waals surface area contributed by atoms with Crippen LogP contribution in [0.1, 0.15) is 35.6 Å². The predicted molar refractivity (Wildman–Crippen MR) is 122 cm³/mol. The molecule has 3 aliphatic heterocycles. The summed E-state index contributed by atoms with van der Waals surface area (Å²) in [6.45, 7) is 6.39. The SMILES string of the molecule is C=C[C@H]1C[N@+]2(Cc3ccc(C(F)(F)F)cc3)CC[C@H]1C[C@@H]2[C@@H](O)c1ccnc2ccccc12.[Br-]. The number of piperidine rings is 3. The van der Waals surface area contributed by atoms with E-state index < -0.39 is 17.8 Å². The maximum absolute atomic E-state index is 13.1. The summed E-state index contributed by atoms with van der Waals surface area (Å²) in [6, 6.07) is 15.2. The quantitative estimate of drug-likeness (QED) is 0.405. The van der Waals surface area contributed by atoms with Crippen molar-refractivity contribution in [2.75, 3.05) is 13.1 Å². The minimum atomic E-state index is -4.34. The third-order valence-corrected chi connectivity index (χ3v) is 7.82. The van der Waals surface area contributed by atoms with E-state index in [4.69, 9.17) is 0 Å². The molecule has 3 aliphatic rings. The van der Waals surface area contributed by atoms with Crippen molar-refractivity contribution >= 4 is 10.9 Å². The number of benzene rings is 2. The van der Waals surface area contributed by atoms with E-state index in [-0.39, 0.29) is 23.0 Å². The van der Waals surface area contributed by atoms with Gasteiger partial charge in [0.25, 0.3) is 0 Å². The number of aliphatic hydroxyl groups excluding tert-OH is 1. The highest BCUT2D eigenvalue weighted by Gasteiger charge is 2.54. The molecule has 3 nitrogen and oxygen atoms in total. The number of alkyl halides is 3. The molecule has 0 aliphatic carbocycles. The molecule has 7 heteroatoms. The first-order valence-corrected chi connectivity index (χ1v) is 11.5. The standard InChI is InChI=1S/C27H28F3N2O.BrH/c1-2-19-17-32(16-18-7-9-21(10-8-18)27(28,29)30)14-12-20(19)15-25(32)26(33)23-11-13-31-24-6-4-3-5-22(23)24;/h2-11,13,19-20,25-26,33H,1,12,14-17H2;1H/q+1;/p-1/t19-,20-,25+,26-,32+;/m0./s1. The Labute approximate surface area is 208 Å². The number of fused-ring (bicyclic) bond motifs is 4. The molecule has 0 spiro atoms. The topological polar surface area (TPSA) is 33.1 Å². The van der Waals surface area contributed by atoms with E-state index in [1.807, 2.05) is 36.4 Å². The maximum Gasteiger partial charge on any atom is 0.416 e. The van der Waals surface area contributed by atoms with Gasteiger partial charge in [-0.3, -0.25) is 4.98 Å². The number of nitrogens with zero attached hydrogens (tertiary/aromatic N) is 2. The number of hydrogen-bond donors (Lipinski definition) is 1. The molecule has 0 radical (unpaired) electrons. The highest BCUT2D eigenvalue weighted by Crippen LogP contribution is 2.48. The van der Waals surface area contributed by atoms with Crippen molar-refractivity contribution in [2.45, 2.75) is 37.7 Å². The van der Waals surface area contributed by atoms with E-state index in [2.05, 4.69) is 11.6 Å². The molecule has 3 aromatic rings. The molecule has 0 unspecified atom stereocenters. The zero-order valence-corrected chi connectivity index (χ0v) is 20.3. The molecule has 6 rings (SSSR count). The molecule has 0 saturated carbocycles.